The largest absolute Gasteiger partial charge is 0.357 e. The molecule has 0 spiro atoms. The normalized spacial score (nSPS) is 19.5. The molecular weight excluding hydrogens is 336 g/mol. The first kappa shape index (κ1) is 17.8. The fraction of sp³-hybridized carbons (Fsp3) is 0.455. The molecule has 1 atom stereocenters. The molecule has 0 aliphatic carbocycles. The lowest BCUT2D eigenvalue weighted by Gasteiger charge is -2.23. The number of hydrogen-bond donors (Lipinski definition) is 1. The Bertz CT molecular complexity index is 781. The van der Waals surface area contributed by atoms with Crippen LogP contribution in [0.2, 0.25) is 0 Å². The number of aromatic nitrogens is 1. The quantitative estimate of drug-likeness (QED) is 0.891. The molecule has 1 saturated heterocycles. The SMILES string of the molecule is CC1Cc2ccccc2N1C(=O)NCc1ccc(N2CCCCCC2)nc1. The van der Waals surface area contributed by atoms with Crippen LogP contribution in [0.3, 0.4) is 0 Å². The number of anilines is 2. The summed E-state index contributed by atoms with van der Waals surface area (Å²) in [7, 11) is 0. The van der Waals surface area contributed by atoms with E-state index in [0.29, 0.717) is 6.54 Å². The third-order valence-electron chi connectivity index (χ3n) is 5.61. The first-order valence-electron chi connectivity index (χ1n) is 10.1. The second-order valence-corrected chi connectivity index (χ2v) is 7.64. The van der Waals surface area contributed by atoms with Gasteiger partial charge in [-0.3, -0.25) is 4.90 Å². The van der Waals surface area contributed by atoms with E-state index in [9.17, 15) is 4.79 Å². The Morgan fingerprint density at radius 3 is 2.63 bits per heavy atom. The second-order valence-electron chi connectivity index (χ2n) is 7.64. The Hall–Kier alpha value is -2.56. The molecule has 2 aliphatic rings. The first-order chi connectivity index (χ1) is 13.2. The summed E-state index contributed by atoms with van der Waals surface area (Å²) < 4.78 is 0. The highest BCUT2D eigenvalue weighted by Gasteiger charge is 2.30. The van der Waals surface area contributed by atoms with Crippen LogP contribution < -0.4 is 15.1 Å². The summed E-state index contributed by atoms with van der Waals surface area (Å²) in [6, 6.07) is 12.5. The zero-order valence-electron chi connectivity index (χ0n) is 16.0. The number of carbonyl (C=O) groups is 1. The molecule has 1 unspecified atom stereocenters. The third kappa shape index (κ3) is 3.92. The number of rotatable bonds is 3. The Morgan fingerprint density at radius 2 is 1.89 bits per heavy atom. The number of pyridine rings is 1. The van der Waals surface area contributed by atoms with E-state index in [2.05, 4.69) is 40.3 Å². The predicted molar refractivity (Wildman–Crippen MR) is 109 cm³/mol. The molecule has 27 heavy (non-hydrogen) atoms. The van der Waals surface area contributed by atoms with Gasteiger partial charge >= 0.3 is 6.03 Å². The molecule has 0 saturated carbocycles. The van der Waals surface area contributed by atoms with E-state index < -0.39 is 0 Å². The van der Waals surface area contributed by atoms with Gasteiger partial charge in [-0.25, -0.2) is 9.78 Å². The van der Waals surface area contributed by atoms with Gasteiger partial charge in [0.15, 0.2) is 0 Å². The molecule has 2 aliphatic heterocycles. The molecule has 2 aromatic rings. The highest BCUT2D eigenvalue weighted by Crippen LogP contribution is 2.31. The van der Waals surface area contributed by atoms with Crippen molar-refractivity contribution >= 4 is 17.5 Å². The van der Waals surface area contributed by atoms with Crippen LogP contribution in [0.25, 0.3) is 0 Å². The molecule has 0 radical (unpaired) electrons. The van der Waals surface area contributed by atoms with Crippen LogP contribution in [0.1, 0.15) is 43.7 Å². The van der Waals surface area contributed by atoms with E-state index in [1.54, 1.807) is 0 Å². The van der Waals surface area contributed by atoms with Crippen molar-refractivity contribution in [2.75, 3.05) is 22.9 Å². The van der Waals surface area contributed by atoms with E-state index in [4.69, 9.17) is 0 Å². The highest BCUT2D eigenvalue weighted by molar-refractivity contribution is 5.94. The van der Waals surface area contributed by atoms with Crippen molar-refractivity contribution in [3.63, 3.8) is 0 Å². The van der Waals surface area contributed by atoms with Gasteiger partial charge in [-0.05, 0) is 49.4 Å². The number of nitrogens with one attached hydrogen (secondary N) is 1. The van der Waals surface area contributed by atoms with Crippen molar-refractivity contribution in [2.45, 2.75) is 51.6 Å². The summed E-state index contributed by atoms with van der Waals surface area (Å²) in [5.74, 6) is 1.05. The van der Waals surface area contributed by atoms with E-state index in [0.717, 1.165) is 36.6 Å². The molecule has 1 fully saturated rings. The summed E-state index contributed by atoms with van der Waals surface area (Å²) in [6.45, 7) is 4.78. The van der Waals surface area contributed by atoms with Gasteiger partial charge < -0.3 is 10.2 Å². The monoisotopic (exact) mass is 364 g/mol. The lowest BCUT2D eigenvalue weighted by molar-refractivity contribution is 0.244. The van der Waals surface area contributed by atoms with E-state index >= 15 is 0 Å². The number of urea groups is 1. The minimum Gasteiger partial charge on any atom is -0.357 e. The lowest BCUT2D eigenvalue weighted by Crippen LogP contribution is -2.43. The van der Waals surface area contributed by atoms with Crippen LogP contribution >= 0.6 is 0 Å². The number of benzene rings is 1. The molecule has 5 nitrogen and oxygen atoms in total. The number of fused-ring (bicyclic) bond motifs is 1. The summed E-state index contributed by atoms with van der Waals surface area (Å²) in [5, 5.41) is 3.05. The molecular formula is C22H28N4O. The average molecular weight is 364 g/mol. The number of hydrogen-bond acceptors (Lipinski definition) is 3. The van der Waals surface area contributed by atoms with Gasteiger partial charge in [0.05, 0.1) is 0 Å². The van der Waals surface area contributed by atoms with Gasteiger partial charge in [-0.15, -0.1) is 0 Å². The fourth-order valence-electron chi connectivity index (χ4n) is 4.15. The zero-order valence-corrected chi connectivity index (χ0v) is 16.0. The lowest BCUT2D eigenvalue weighted by atomic mass is 10.1. The van der Waals surface area contributed by atoms with Crippen LogP contribution in [0, 0.1) is 0 Å². The minimum absolute atomic E-state index is 0.0379. The molecule has 2 amide bonds. The maximum Gasteiger partial charge on any atom is 0.322 e. The number of carbonyl (C=O) groups excluding carboxylic acids is 1. The summed E-state index contributed by atoms with van der Waals surface area (Å²) >= 11 is 0. The Kier molecular flexibility index (Phi) is 5.28. The van der Waals surface area contributed by atoms with Crippen LogP contribution in [-0.2, 0) is 13.0 Å². The predicted octanol–water partition coefficient (Wildman–Crippen LogP) is 4.12. The molecule has 5 heteroatoms. The average Bonchev–Trinajstić information content (AvgIpc) is 2.85. The van der Waals surface area contributed by atoms with Crippen LogP contribution in [0.4, 0.5) is 16.3 Å². The second kappa shape index (κ2) is 7.99. The Balaban J connectivity index is 1.37. The van der Waals surface area contributed by atoms with Crippen molar-refractivity contribution in [1.29, 1.82) is 0 Å². The van der Waals surface area contributed by atoms with E-state index in [1.165, 1.54) is 31.2 Å². The Labute approximate surface area is 161 Å². The van der Waals surface area contributed by atoms with Crippen molar-refractivity contribution in [3.8, 4) is 0 Å². The molecule has 1 aromatic heterocycles. The van der Waals surface area contributed by atoms with Gasteiger partial charge in [0.2, 0.25) is 0 Å². The summed E-state index contributed by atoms with van der Waals surface area (Å²) in [6.07, 6.45) is 7.93. The third-order valence-corrected chi connectivity index (χ3v) is 5.61. The molecule has 4 rings (SSSR count). The first-order valence-corrected chi connectivity index (χ1v) is 10.1. The number of nitrogens with zero attached hydrogens (tertiary/aromatic N) is 3. The summed E-state index contributed by atoms with van der Waals surface area (Å²) in [5.41, 5.74) is 3.29. The van der Waals surface area contributed by atoms with Crippen LogP contribution in [-0.4, -0.2) is 30.1 Å². The fourth-order valence-corrected chi connectivity index (χ4v) is 4.15. The van der Waals surface area contributed by atoms with E-state index in [-0.39, 0.29) is 12.1 Å². The molecule has 3 heterocycles. The zero-order chi connectivity index (χ0) is 18.6. The molecule has 142 valence electrons. The van der Waals surface area contributed by atoms with Gasteiger partial charge in [0, 0.05) is 37.6 Å². The van der Waals surface area contributed by atoms with E-state index in [1.807, 2.05) is 29.3 Å². The molecule has 1 N–H and O–H groups in total. The smallest absolute Gasteiger partial charge is 0.322 e. The van der Waals surface area contributed by atoms with Gasteiger partial charge in [-0.2, -0.15) is 0 Å². The van der Waals surface area contributed by atoms with Crippen molar-refractivity contribution in [3.05, 3.63) is 53.7 Å². The number of para-hydroxylation sites is 1. The van der Waals surface area contributed by atoms with Gasteiger partial charge in [0.1, 0.15) is 5.82 Å². The van der Waals surface area contributed by atoms with Crippen molar-refractivity contribution in [2.24, 2.45) is 0 Å². The standard InChI is InChI=1S/C22H28N4O/c1-17-14-19-8-4-5-9-20(19)26(17)22(27)24-16-18-10-11-21(23-15-18)25-12-6-2-3-7-13-25/h4-5,8-11,15,17H,2-3,6-7,12-14,16H2,1H3,(H,24,27). The van der Waals surface area contributed by atoms with Crippen LogP contribution in [0.15, 0.2) is 42.6 Å². The maximum atomic E-state index is 12.7. The topological polar surface area (TPSA) is 48.5 Å². The van der Waals surface area contributed by atoms with Crippen molar-refractivity contribution < 1.29 is 4.79 Å². The van der Waals surface area contributed by atoms with Gasteiger partial charge in [0.25, 0.3) is 0 Å². The minimum atomic E-state index is -0.0379. The summed E-state index contributed by atoms with van der Waals surface area (Å²) in [4.78, 5) is 21.6. The van der Waals surface area contributed by atoms with Crippen molar-refractivity contribution in [1.82, 2.24) is 10.3 Å². The van der Waals surface area contributed by atoms with Gasteiger partial charge in [-0.1, -0.05) is 37.1 Å². The number of amides is 2. The molecule has 1 aromatic carbocycles. The molecule has 0 bridgehead atoms. The maximum absolute atomic E-state index is 12.7. The van der Waals surface area contributed by atoms with Crippen LogP contribution in [0.5, 0.6) is 0 Å². The Morgan fingerprint density at radius 1 is 1.11 bits per heavy atom. The highest BCUT2D eigenvalue weighted by atomic mass is 16.2.